The van der Waals surface area contributed by atoms with Crippen molar-refractivity contribution >= 4 is 35.0 Å². The smallest absolute Gasteiger partial charge is 0.320 e. The number of hydrogen-bond donors (Lipinski definition) is 2. The Hall–Kier alpha value is -2.26. The lowest BCUT2D eigenvalue weighted by atomic mass is 9.68. The van der Waals surface area contributed by atoms with Crippen molar-refractivity contribution < 1.29 is 24.2 Å². The van der Waals surface area contributed by atoms with Gasteiger partial charge in [-0.3, -0.25) is 14.4 Å². The SMILES string of the molecule is COc1cccc2c1OC(=O)[C@@]1(CC(=O)O)CSc3[nH]c(=O)sc3[C@@H]21. The number of aromatic nitrogens is 1. The first kappa shape index (κ1) is 16.2. The van der Waals surface area contributed by atoms with Gasteiger partial charge in [-0.2, -0.15) is 0 Å². The topological polar surface area (TPSA) is 106 Å². The van der Waals surface area contributed by atoms with E-state index in [2.05, 4.69) is 4.98 Å². The van der Waals surface area contributed by atoms with Crippen molar-refractivity contribution in [3.8, 4) is 11.5 Å². The fourth-order valence-corrected chi connectivity index (χ4v) is 6.04. The zero-order valence-electron chi connectivity index (χ0n) is 13.0. The number of methoxy groups -OCH3 is 1. The molecule has 0 aliphatic carbocycles. The summed E-state index contributed by atoms with van der Waals surface area (Å²) >= 11 is 2.29. The molecule has 1 aromatic carbocycles. The number of thiazole rings is 1. The Morgan fingerprint density at radius 1 is 1.48 bits per heavy atom. The normalized spacial score (nSPS) is 23.9. The van der Waals surface area contributed by atoms with Crippen molar-refractivity contribution in [2.45, 2.75) is 17.4 Å². The van der Waals surface area contributed by atoms with Crippen LogP contribution in [0.3, 0.4) is 0 Å². The molecule has 0 saturated carbocycles. The number of hydrogen-bond acceptors (Lipinski definition) is 7. The molecule has 25 heavy (non-hydrogen) atoms. The van der Waals surface area contributed by atoms with Crippen LogP contribution in [0.4, 0.5) is 0 Å². The number of aromatic amines is 1. The number of benzene rings is 1. The average Bonchev–Trinajstić information content (AvgIpc) is 2.94. The number of carboxylic acid groups (broad SMARTS) is 1. The predicted octanol–water partition coefficient (Wildman–Crippen LogP) is 2.06. The van der Waals surface area contributed by atoms with Crippen LogP contribution in [-0.4, -0.2) is 34.9 Å². The number of para-hydroxylation sites is 1. The van der Waals surface area contributed by atoms with Gasteiger partial charge in [-0.1, -0.05) is 23.5 Å². The molecular formula is C16H13NO6S2. The maximum atomic E-state index is 12.9. The quantitative estimate of drug-likeness (QED) is 0.621. The maximum Gasteiger partial charge on any atom is 0.320 e. The molecule has 9 heteroatoms. The Bertz CT molecular complexity index is 948. The van der Waals surface area contributed by atoms with Gasteiger partial charge < -0.3 is 19.6 Å². The van der Waals surface area contributed by atoms with E-state index in [0.29, 0.717) is 27.0 Å². The third-order valence-electron chi connectivity index (χ3n) is 4.54. The molecule has 2 aromatic rings. The molecule has 3 heterocycles. The van der Waals surface area contributed by atoms with E-state index in [1.807, 2.05) is 0 Å². The minimum Gasteiger partial charge on any atom is -0.493 e. The lowest BCUT2D eigenvalue weighted by Crippen LogP contribution is -2.49. The predicted molar refractivity (Wildman–Crippen MR) is 90.8 cm³/mol. The van der Waals surface area contributed by atoms with Crippen LogP contribution in [0, 0.1) is 5.41 Å². The van der Waals surface area contributed by atoms with Crippen LogP contribution in [0.25, 0.3) is 0 Å². The first-order chi connectivity index (χ1) is 12.0. The van der Waals surface area contributed by atoms with Crippen molar-refractivity contribution in [1.29, 1.82) is 0 Å². The standard InChI is InChI=1S/C16H13NO6S2/c1-22-8-4-2-3-7-10-12-13(17-15(21)25-12)24-6-16(10,5-9(18)19)14(20)23-11(7)8/h2-4,10H,5-6H2,1H3,(H,17,21)(H,18,19)/t10-,16+/m1/s1. The second kappa shape index (κ2) is 5.63. The molecule has 4 rings (SSSR count). The van der Waals surface area contributed by atoms with Crippen molar-refractivity contribution in [3.05, 3.63) is 38.3 Å². The average molecular weight is 379 g/mol. The van der Waals surface area contributed by atoms with Gasteiger partial charge in [0.2, 0.25) is 0 Å². The fourth-order valence-electron chi connectivity index (χ4n) is 3.49. The summed E-state index contributed by atoms with van der Waals surface area (Å²) in [7, 11) is 1.47. The van der Waals surface area contributed by atoms with E-state index < -0.39 is 23.3 Å². The summed E-state index contributed by atoms with van der Waals surface area (Å²) in [6, 6.07) is 5.23. The molecule has 0 fully saturated rings. The van der Waals surface area contributed by atoms with Gasteiger partial charge in [0.05, 0.1) is 18.6 Å². The highest BCUT2D eigenvalue weighted by Gasteiger charge is 2.57. The molecular weight excluding hydrogens is 366 g/mol. The molecule has 130 valence electrons. The molecule has 1 aromatic heterocycles. The van der Waals surface area contributed by atoms with Gasteiger partial charge in [0, 0.05) is 22.1 Å². The molecule has 0 bridgehead atoms. The lowest BCUT2D eigenvalue weighted by Gasteiger charge is -2.43. The van der Waals surface area contributed by atoms with E-state index in [-0.39, 0.29) is 17.0 Å². The van der Waals surface area contributed by atoms with Crippen molar-refractivity contribution in [2.75, 3.05) is 12.9 Å². The number of esters is 1. The molecule has 0 unspecified atom stereocenters. The molecule has 2 atom stereocenters. The van der Waals surface area contributed by atoms with Crippen LogP contribution in [0.1, 0.15) is 22.8 Å². The zero-order valence-corrected chi connectivity index (χ0v) is 14.7. The Balaban J connectivity index is 2.01. The molecule has 0 spiro atoms. The second-order valence-corrected chi connectivity index (χ2v) is 7.92. The highest BCUT2D eigenvalue weighted by atomic mass is 32.2. The van der Waals surface area contributed by atoms with Crippen LogP contribution in [0.15, 0.2) is 28.0 Å². The minimum absolute atomic E-state index is 0.221. The molecule has 0 radical (unpaired) electrons. The van der Waals surface area contributed by atoms with Crippen molar-refractivity contribution in [2.24, 2.45) is 5.41 Å². The summed E-state index contributed by atoms with van der Waals surface area (Å²) < 4.78 is 10.8. The van der Waals surface area contributed by atoms with Crippen LogP contribution in [0.2, 0.25) is 0 Å². The second-order valence-electron chi connectivity index (χ2n) is 5.92. The third-order valence-corrected chi connectivity index (χ3v) is 6.89. The number of fused-ring (bicyclic) bond motifs is 5. The lowest BCUT2D eigenvalue weighted by molar-refractivity contribution is -0.154. The van der Waals surface area contributed by atoms with Gasteiger partial charge in [-0.25, -0.2) is 0 Å². The Morgan fingerprint density at radius 3 is 3.00 bits per heavy atom. The van der Waals surface area contributed by atoms with Crippen LogP contribution in [-0.2, 0) is 9.59 Å². The van der Waals surface area contributed by atoms with E-state index in [1.165, 1.54) is 18.9 Å². The number of H-pyrrole nitrogens is 1. The number of nitrogens with one attached hydrogen (secondary N) is 1. The van der Waals surface area contributed by atoms with Crippen LogP contribution < -0.4 is 14.3 Å². The monoisotopic (exact) mass is 379 g/mol. The highest BCUT2D eigenvalue weighted by Crippen LogP contribution is 2.59. The number of carbonyl (C=O) groups is 2. The van der Waals surface area contributed by atoms with E-state index >= 15 is 0 Å². The van der Waals surface area contributed by atoms with Crippen LogP contribution >= 0.6 is 23.1 Å². The first-order valence-corrected chi connectivity index (χ1v) is 9.23. The summed E-state index contributed by atoms with van der Waals surface area (Å²) in [5.74, 6) is -1.33. The molecule has 0 amide bonds. The van der Waals surface area contributed by atoms with Gasteiger partial charge in [-0.05, 0) is 6.07 Å². The summed E-state index contributed by atoms with van der Waals surface area (Å²) in [5.41, 5.74) is -0.592. The van der Waals surface area contributed by atoms with E-state index in [1.54, 1.807) is 18.2 Å². The van der Waals surface area contributed by atoms with Crippen molar-refractivity contribution in [1.82, 2.24) is 4.98 Å². The summed E-state index contributed by atoms with van der Waals surface area (Å²) in [6.45, 7) is 0. The van der Waals surface area contributed by atoms with Gasteiger partial charge in [0.1, 0.15) is 5.41 Å². The number of thioether (sulfide) groups is 1. The summed E-state index contributed by atoms with van der Waals surface area (Å²) in [6.07, 6.45) is -0.369. The number of carbonyl (C=O) groups excluding carboxylic acids is 1. The Labute approximate surface area is 150 Å². The number of carboxylic acids is 1. The van der Waals surface area contributed by atoms with E-state index in [0.717, 1.165) is 11.3 Å². The molecule has 2 aliphatic rings. The molecule has 0 saturated heterocycles. The van der Waals surface area contributed by atoms with E-state index in [9.17, 15) is 19.5 Å². The zero-order chi connectivity index (χ0) is 17.8. The molecule has 7 nitrogen and oxygen atoms in total. The Morgan fingerprint density at radius 2 is 2.28 bits per heavy atom. The summed E-state index contributed by atoms with van der Waals surface area (Å²) in [5, 5.41) is 10.1. The molecule has 2 N–H and O–H groups in total. The molecule has 2 aliphatic heterocycles. The number of ether oxygens (including phenoxy) is 2. The first-order valence-electron chi connectivity index (χ1n) is 7.43. The maximum absolute atomic E-state index is 12.9. The van der Waals surface area contributed by atoms with Gasteiger partial charge in [-0.15, -0.1) is 11.8 Å². The van der Waals surface area contributed by atoms with Crippen molar-refractivity contribution in [3.63, 3.8) is 0 Å². The van der Waals surface area contributed by atoms with Crippen LogP contribution in [0.5, 0.6) is 11.5 Å². The van der Waals surface area contributed by atoms with E-state index in [4.69, 9.17) is 9.47 Å². The number of rotatable bonds is 3. The van der Waals surface area contributed by atoms with Gasteiger partial charge in [0.15, 0.2) is 11.5 Å². The minimum atomic E-state index is -1.26. The Kier molecular flexibility index (Phi) is 3.66. The van der Waals surface area contributed by atoms with Gasteiger partial charge >= 0.3 is 16.8 Å². The fraction of sp³-hybridized carbons (Fsp3) is 0.312. The van der Waals surface area contributed by atoms with Gasteiger partial charge in [0.25, 0.3) is 0 Å². The summed E-state index contributed by atoms with van der Waals surface area (Å²) in [4.78, 5) is 39.5. The highest BCUT2D eigenvalue weighted by molar-refractivity contribution is 7.99. The largest absolute Gasteiger partial charge is 0.493 e. The third kappa shape index (κ3) is 2.30. The number of aliphatic carboxylic acids is 1.